The average Bonchev–Trinajstić information content (AvgIpc) is 2.22. The van der Waals surface area contributed by atoms with Crippen LogP contribution >= 0.6 is 11.3 Å². The van der Waals surface area contributed by atoms with Crippen LogP contribution in [0.1, 0.15) is 10.7 Å². The van der Waals surface area contributed by atoms with Gasteiger partial charge in [-0.1, -0.05) is 0 Å². The van der Waals surface area contributed by atoms with Gasteiger partial charge in [0.05, 0.1) is 10.7 Å². The van der Waals surface area contributed by atoms with Gasteiger partial charge in [-0.2, -0.15) is 0 Å². The minimum Gasteiger partial charge on any atom is -0.375 e. The first-order chi connectivity index (χ1) is 4.36. The monoisotopic (exact) mass is 140 g/mol. The molecule has 0 aliphatic carbocycles. The molecule has 0 atom stereocenters. The van der Waals surface area contributed by atoms with Gasteiger partial charge in [0.2, 0.25) is 0 Å². The Bertz CT molecular complexity index is 207. The third-order valence-electron chi connectivity index (χ3n) is 1.45. The van der Waals surface area contributed by atoms with Crippen molar-refractivity contribution in [1.29, 1.82) is 0 Å². The second-order valence-electron chi connectivity index (χ2n) is 2.19. The van der Waals surface area contributed by atoms with Crippen molar-refractivity contribution in [1.82, 2.24) is 4.98 Å². The maximum Gasteiger partial charge on any atom is 0.112 e. The lowest BCUT2D eigenvalue weighted by molar-refractivity contribution is 1.04. The molecule has 0 saturated carbocycles. The van der Waals surface area contributed by atoms with Crippen LogP contribution < -0.4 is 5.32 Å². The highest BCUT2D eigenvalue weighted by Crippen LogP contribution is 2.27. The molecule has 0 radical (unpaired) electrons. The quantitative estimate of drug-likeness (QED) is 0.589. The summed E-state index contributed by atoms with van der Waals surface area (Å²) in [5.41, 5.74) is 1.26. The van der Waals surface area contributed by atoms with E-state index in [0.29, 0.717) is 0 Å². The number of thiazole rings is 1. The van der Waals surface area contributed by atoms with Crippen molar-refractivity contribution in [2.75, 3.05) is 11.9 Å². The molecular formula is C6H8N2S. The van der Waals surface area contributed by atoms with Crippen molar-refractivity contribution in [3.63, 3.8) is 0 Å². The molecule has 1 N–H and O–H groups in total. The Balaban J connectivity index is 2.51. The van der Waals surface area contributed by atoms with Crippen LogP contribution in [0.25, 0.3) is 0 Å². The van der Waals surface area contributed by atoms with Crippen LogP contribution in [-0.4, -0.2) is 11.5 Å². The van der Waals surface area contributed by atoms with E-state index >= 15 is 0 Å². The van der Waals surface area contributed by atoms with Crippen LogP contribution in [-0.2, 0) is 6.42 Å². The number of aryl methyl sites for hydroxylation is 1. The minimum atomic E-state index is 1.08. The van der Waals surface area contributed by atoms with Gasteiger partial charge in [0.1, 0.15) is 5.00 Å². The molecule has 0 fully saturated rings. The normalized spacial score (nSPS) is 15.2. The van der Waals surface area contributed by atoms with Crippen molar-refractivity contribution in [2.24, 2.45) is 0 Å². The number of hydrogen-bond donors (Lipinski definition) is 1. The van der Waals surface area contributed by atoms with Gasteiger partial charge in [0, 0.05) is 13.0 Å². The van der Waals surface area contributed by atoms with E-state index in [1.165, 1.54) is 15.7 Å². The van der Waals surface area contributed by atoms with Crippen molar-refractivity contribution in [2.45, 2.75) is 13.3 Å². The van der Waals surface area contributed by atoms with Gasteiger partial charge in [-0.05, 0) is 6.92 Å². The molecule has 2 nitrogen and oxygen atoms in total. The van der Waals surface area contributed by atoms with Crippen LogP contribution in [0.4, 0.5) is 5.00 Å². The van der Waals surface area contributed by atoms with Gasteiger partial charge >= 0.3 is 0 Å². The first-order valence-corrected chi connectivity index (χ1v) is 3.88. The lowest BCUT2D eigenvalue weighted by Gasteiger charge is -1.86. The Hall–Kier alpha value is -0.570. The molecule has 1 aliphatic heterocycles. The fraction of sp³-hybridized carbons (Fsp3) is 0.500. The summed E-state index contributed by atoms with van der Waals surface area (Å²) >= 11 is 1.75. The number of aromatic nitrogens is 1. The zero-order valence-corrected chi connectivity index (χ0v) is 6.09. The maximum atomic E-state index is 4.35. The van der Waals surface area contributed by atoms with Gasteiger partial charge in [0.15, 0.2) is 0 Å². The molecule has 48 valence electrons. The predicted octanol–water partition coefficient (Wildman–Crippen LogP) is 1.42. The van der Waals surface area contributed by atoms with Crippen LogP contribution in [0, 0.1) is 6.92 Å². The van der Waals surface area contributed by atoms with Crippen LogP contribution in [0.5, 0.6) is 0 Å². The smallest absolute Gasteiger partial charge is 0.112 e. The molecular weight excluding hydrogens is 132 g/mol. The van der Waals surface area contributed by atoms with Gasteiger partial charge in [0.25, 0.3) is 0 Å². The van der Waals surface area contributed by atoms with Crippen LogP contribution in [0.3, 0.4) is 0 Å². The van der Waals surface area contributed by atoms with Gasteiger partial charge in [-0.15, -0.1) is 11.3 Å². The first kappa shape index (κ1) is 5.23. The Morgan fingerprint density at radius 2 is 2.56 bits per heavy atom. The Morgan fingerprint density at radius 3 is 3.33 bits per heavy atom. The van der Waals surface area contributed by atoms with Gasteiger partial charge < -0.3 is 5.32 Å². The van der Waals surface area contributed by atoms with Crippen molar-refractivity contribution < 1.29 is 0 Å². The molecule has 0 aromatic carbocycles. The lowest BCUT2D eigenvalue weighted by Crippen LogP contribution is -1.91. The van der Waals surface area contributed by atoms with Crippen LogP contribution in [0.2, 0.25) is 0 Å². The van der Waals surface area contributed by atoms with Crippen molar-refractivity contribution >= 4 is 16.3 Å². The molecule has 2 rings (SSSR count). The third-order valence-corrected chi connectivity index (χ3v) is 2.42. The molecule has 0 saturated heterocycles. The molecule has 3 heteroatoms. The van der Waals surface area contributed by atoms with Gasteiger partial charge in [-0.3, -0.25) is 0 Å². The Labute approximate surface area is 57.9 Å². The van der Waals surface area contributed by atoms with Crippen LogP contribution in [0.15, 0.2) is 0 Å². The number of hydrogen-bond acceptors (Lipinski definition) is 3. The van der Waals surface area contributed by atoms with Crippen molar-refractivity contribution in [3.8, 4) is 0 Å². The summed E-state index contributed by atoms with van der Waals surface area (Å²) in [7, 11) is 0. The van der Waals surface area contributed by atoms with E-state index in [4.69, 9.17) is 0 Å². The standard InChI is InChI=1S/C6H8N2S/c1-4-8-5-2-3-7-6(5)9-4/h7H,2-3H2,1H3. The molecule has 0 unspecified atom stereocenters. The second-order valence-corrected chi connectivity index (χ2v) is 3.39. The summed E-state index contributed by atoms with van der Waals surface area (Å²) in [5.74, 6) is 0. The molecule has 2 heterocycles. The number of fused-ring (bicyclic) bond motifs is 1. The summed E-state index contributed by atoms with van der Waals surface area (Å²) in [4.78, 5) is 4.35. The predicted molar refractivity (Wildman–Crippen MR) is 39.0 cm³/mol. The largest absolute Gasteiger partial charge is 0.375 e. The highest BCUT2D eigenvalue weighted by atomic mass is 32.1. The minimum absolute atomic E-state index is 1.08. The average molecular weight is 140 g/mol. The molecule has 0 spiro atoms. The number of anilines is 1. The Kier molecular flexibility index (Phi) is 0.990. The van der Waals surface area contributed by atoms with E-state index in [1.54, 1.807) is 11.3 Å². The highest BCUT2D eigenvalue weighted by molar-refractivity contribution is 7.15. The first-order valence-electron chi connectivity index (χ1n) is 3.06. The van der Waals surface area contributed by atoms with E-state index in [9.17, 15) is 0 Å². The van der Waals surface area contributed by atoms with E-state index < -0.39 is 0 Å². The lowest BCUT2D eigenvalue weighted by atomic mass is 10.4. The molecule has 1 aromatic heterocycles. The van der Waals surface area contributed by atoms with E-state index in [1.807, 2.05) is 6.92 Å². The fourth-order valence-electron chi connectivity index (χ4n) is 1.07. The zero-order valence-electron chi connectivity index (χ0n) is 5.27. The third kappa shape index (κ3) is 0.721. The summed E-state index contributed by atoms with van der Waals surface area (Å²) in [6.45, 7) is 3.12. The number of nitrogens with zero attached hydrogens (tertiary/aromatic N) is 1. The molecule has 0 amide bonds. The summed E-state index contributed by atoms with van der Waals surface area (Å²) in [6.07, 6.45) is 1.11. The van der Waals surface area contributed by atoms with Gasteiger partial charge in [-0.25, -0.2) is 4.98 Å². The topological polar surface area (TPSA) is 24.9 Å². The van der Waals surface area contributed by atoms with E-state index in [-0.39, 0.29) is 0 Å². The number of nitrogens with one attached hydrogen (secondary N) is 1. The summed E-state index contributed by atoms with van der Waals surface area (Å²) < 4.78 is 0. The Morgan fingerprint density at radius 1 is 1.67 bits per heavy atom. The molecule has 9 heavy (non-hydrogen) atoms. The molecule has 1 aliphatic rings. The van der Waals surface area contributed by atoms with Crippen molar-refractivity contribution in [3.05, 3.63) is 10.7 Å². The van der Waals surface area contributed by atoms with E-state index in [0.717, 1.165) is 13.0 Å². The highest BCUT2D eigenvalue weighted by Gasteiger charge is 2.13. The molecule has 0 bridgehead atoms. The number of rotatable bonds is 0. The summed E-state index contributed by atoms with van der Waals surface area (Å²) in [6, 6.07) is 0. The summed E-state index contributed by atoms with van der Waals surface area (Å²) in [5, 5.41) is 5.74. The second kappa shape index (κ2) is 1.70. The SMILES string of the molecule is Cc1nc2c(s1)NCC2. The van der Waals surface area contributed by atoms with E-state index in [2.05, 4.69) is 10.3 Å². The zero-order chi connectivity index (χ0) is 6.27. The maximum absolute atomic E-state index is 4.35. The fourth-order valence-corrected chi connectivity index (χ4v) is 1.96. The molecule has 1 aromatic rings.